The molecule has 122 valence electrons. The Labute approximate surface area is 143 Å². The molecule has 0 aliphatic carbocycles. The van der Waals surface area contributed by atoms with Gasteiger partial charge in [0.25, 0.3) is 0 Å². The van der Waals surface area contributed by atoms with Crippen LogP contribution in [-0.4, -0.2) is 25.5 Å². The average Bonchev–Trinajstić information content (AvgIpc) is 3.03. The summed E-state index contributed by atoms with van der Waals surface area (Å²) in [5.74, 6) is 0.888. The Morgan fingerprint density at radius 3 is 2.91 bits per heavy atom. The molecule has 0 saturated carbocycles. The second-order valence-corrected chi connectivity index (χ2v) is 7.30. The smallest absolute Gasteiger partial charge is 0.227 e. The molecule has 1 unspecified atom stereocenters. The fourth-order valence-corrected chi connectivity index (χ4v) is 4.04. The van der Waals surface area contributed by atoms with Gasteiger partial charge in [0, 0.05) is 34.7 Å². The Balaban J connectivity index is 0.00000176. The lowest BCUT2D eigenvalue weighted by Crippen LogP contribution is -2.34. The largest absolute Gasteiger partial charge is 0.316 e. The molecule has 1 atom stereocenters. The molecular formula is C17H24Cl2N2O. The topological polar surface area (TPSA) is 32.3 Å². The van der Waals surface area contributed by atoms with Crippen molar-refractivity contribution in [1.29, 1.82) is 0 Å². The van der Waals surface area contributed by atoms with E-state index in [4.69, 9.17) is 11.6 Å². The number of nitrogens with zero attached hydrogens (tertiary/aromatic N) is 1. The van der Waals surface area contributed by atoms with Crippen LogP contribution in [-0.2, 0) is 10.2 Å². The van der Waals surface area contributed by atoms with E-state index in [1.54, 1.807) is 0 Å². The maximum atomic E-state index is 12.6. The number of hydrogen-bond acceptors (Lipinski definition) is 2. The number of benzene rings is 1. The van der Waals surface area contributed by atoms with E-state index in [0.717, 1.165) is 42.3 Å². The van der Waals surface area contributed by atoms with Gasteiger partial charge in [0.05, 0.1) is 0 Å². The first-order chi connectivity index (χ1) is 9.99. The van der Waals surface area contributed by atoms with Crippen LogP contribution < -0.4 is 10.2 Å². The highest BCUT2D eigenvalue weighted by Crippen LogP contribution is 2.44. The van der Waals surface area contributed by atoms with Gasteiger partial charge in [-0.3, -0.25) is 4.79 Å². The summed E-state index contributed by atoms with van der Waals surface area (Å²) in [6, 6.07) is 5.87. The van der Waals surface area contributed by atoms with Crippen LogP contribution in [0.5, 0.6) is 0 Å². The molecule has 1 saturated heterocycles. The van der Waals surface area contributed by atoms with Crippen molar-refractivity contribution >= 4 is 35.6 Å². The molecule has 1 aromatic carbocycles. The molecule has 3 nitrogen and oxygen atoms in total. The van der Waals surface area contributed by atoms with E-state index >= 15 is 0 Å². The van der Waals surface area contributed by atoms with Gasteiger partial charge >= 0.3 is 0 Å². The van der Waals surface area contributed by atoms with Crippen molar-refractivity contribution in [3.63, 3.8) is 0 Å². The first-order valence-corrected chi connectivity index (χ1v) is 8.17. The molecule has 2 aliphatic heterocycles. The molecule has 1 aromatic rings. The quantitative estimate of drug-likeness (QED) is 0.906. The lowest BCUT2D eigenvalue weighted by molar-refractivity contribution is -0.118. The summed E-state index contributed by atoms with van der Waals surface area (Å²) in [4.78, 5) is 14.6. The zero-order chi connectivity index (χ0) is 15.0. The molecule has 1 fully saturated rings. The summed E-state index contributed by atoms with van der Waals surface area (Å²) >= 11 is 6.36. The van der Waals surface area contributed by atoms with E-state index in [2.05, 4.69) is 19.2 Å². The minimum Gasteiger partial charge on any atom is -0.316 e. The van der Waals surface area contributed by atoms with Crippen LogP contribution in [0.4, 0.5) is 5.69 Å². The second kappa shape index (κ2) is 6.77. The molecule has 2 heterocycles. The number of fused-ring (bicyclic) bond motifs is 1. The predicted octanol–water partition coefficient (Wildman–Crippen LogP) is 3.78. The first-order valence-electron chi connectivity index (χ1n) is 7.79. The Morgan fingerprint density at radius 2 is 2.23 bits per heavy atom. The molecule has 1 amide bonds. The lowest BCUT2D eigenvalue weighted by Gasteiger charge is -2.21. The normalized spacial score (nSPS) is 22.3. The fourth-order valence-electron chi connectivity index (χ4n) is 3.61. The van der Waals surface area contributed by atoms with E-state index in [-0.39, 0.29) is 23.7 Å². The standard InChI is InChI=1S/C17H23ClN2O.ClH/c1-17(2)11-20(14-5-3-4-13(18)16(14)17)15(21)7-6-12-8-9-19-10-12;/h3-5,12,19H,6-11H2,1-2H3;1H. The van der Waals surface area contributed by atoms with Crippen molar-refractivity contribution in [2.45, 2.75) is 38.5 Å². The zero-order valence-corrected chi connectivity index (χ0v) is 14.8. The van der Waals surface area contributed by atoms with Crippen LogP contribution in [0.25, 0.3) is 0 Å². The minimum absolute atomic E-state index is 0. The van der Waals surface area contributed by atoms with Crippen molar-refractivity contribution in [3.8, 4) is 0 Å². The van der Waals surface area contributed by atoms with Gasteiger partial charge in [-0.1, -0.05) is 31.5 Å². The third kappa shape index (κ3) is 3.27. The van der Waals surface area contributed by atoms with E-state index in [1.165, 1.54) is 6.42 Å². The maximum Gasteiger partial charge on any atom is 0.227 e. The SMILES string of the molecule is CC1(C)CN(C(=O)CCC2CCNC2)c2cccc(Cl)c21.Cl. The molecule has 5 heteroatoms. The molecule has 0 spiro atoms. The molecule has 1 N–H and O–H groups in total. The van der Waals surface area contributed by atoms with Gasteiger partial charge in [0.2, 0.25) is 5.91 Å². The van der Waals surface area contributed by atoms with Crippen molar-refractivity contribution in [2.75, 3.05) is 24.5 Å². The molecule has 3 rings (SSSR count). The first kappa shape index (κ1) is 17.6. The third-order valence-electron chi connectivity index (χ3n) is 4.74. The molecule has 2 aliphatic rings. The van der Waals surface area contributed by atoms with Gasteiger partial charge in [0.15, 0.2) is 0 Å². The van der Waals surface area contributed by atoms with Crippen molar-refractivity contribution in [3.05, 3.63) is 28.8 Å². The number of hydrogen-bond donors (Lipinski definition) is 1. The Bertz CT molecular complexity index is 554. The molecule has 0 bridgehead atoms. The molecule has 0 aromatic heterocycles. The summed E-state index contributed by atoms with van der Waals surface area (Å²) in [7, 11) is 0. The van der Waals surface area contributed by atoms with E-state index < -0.39 is 0 Å². The lowest BCUT2D eigenvalue weighted by atomic mass is 9.87. The minimum atomic E-state index is -0.0712. The highest BCUT2D eigenvalue weighted by atomic mass is 35.5. The number of rotatable bonds is 3. The number of nitrogens with one attached hydrogen (secondary N) is 1. The molecular weight excluding hydrogens is 319 g/mol. The van der Waals surface area contributed by atoms with Crippen LogP contribution >= 0.6 is 24.0 Å². The molecule has 0 radical (unpaired) electrons. The number of carbonyl (C=O) groups excluding carboxylic acids is 1. The van der Waals surface area contributed by atoms with Gasteiger partial charge in [0.1, 0.15) is 0 Å². The van der Waals surface area contributed by atoms with Gasteiger partial charge in [-0.15, -0.1) is 12.4 Å². The summed E-state index contributed by atoms with van der Waals surface area (Å²) in [6.07, 6.45) is 2.81. The number of anilines is 1. The predicted molar refractivity (Wildman–Crippen MR) is 94.3 cm³/mol. The van der Waals surface area contributed by atoms with Crippen LogP contribution in [0.15, 0.2) is 18.2 Å². The maximum absolute atomic E-state index is 12.6. The zero-order valence-electron chi connectivity index (χ0n) is 13.2. The van der Waals surface area contributed by atoms with E-state index in [0.29, 0.717) is 12.3 Å². The number of amides is 1. The molecule has 22 heavy (non-hydrogen) atoms. The Kier molecular flexibility index (Phi) is 5.41. The number of carbonyl (C=O) groups is 1. The highest BCUT2D eigenvalue weighted by molar-refractivity contribution is 6.32. The van der Waals surface area contributed by atoms with E-state index in [1.807, 2.05) is 23.1 Å². The van der Waals surface area contributed by atoms with Crippen LogP contribution in [0.2, 0.25) is 5.02 Å². The van der Waals surface area contributed by atoms with Gasteiger partial charge in [-0.25, -0.2) is 0 Å². The van der Waals surface area contributed by atoms with Gasteiger partial charge < -0.3 is 10.2 Å². The Morgan fingerprint density at radius 1 is 1.45 bits per heavy atom. The van der Waals surface area contributed by atoms with Gasteiger partial charge in [-0.2, -0.15) is 0 Å². The van der Waals surface area contributed by atoms with Crippen molar-refractivity contribution in [1.82, 2.24) is 5.32 Å². The fraction of sp³-hybridized carbons (Fsp3) is 0.588. The van der Waals surface area contributed by atoms with Crippen LogP contribution in [0.1, 0.15) is 38.7 Å². The van der Waals surface area contributed by atoms with Crippen LogP contribution in [0, 0.1) is 5.92 Å². The Hall–Kier alpha value is -0.770. The van der Waals surface area contributed by atoms with E-state index in [9.17, 15) is 4.79 Å². The summed E-state index contributed by atoms with van der Waals surface area (Å²) in [5, 5.41) is 4.13. The van der Waals surface area contributed by atoms with Crippen molar-refractivity contribution < 1.29 is 4.79 Å². The highest BCUT2D eigenvalue weighted by Gasteiger charge is 2.39. The third-order valence-corrected chi connectivity index (χ3v) is 5.06. The van der Waals surface area contributed by atoms with Crippen molar-refractivity contribution in [2.24, 2.45) is 5.92 Å². The monoisotopic (exact) mass is 342 g/mol. The second-order valence-electron chi connectivity index (χ2n) is 6.90. The van der Waals surface area contributed by atoms with Gasteiger partial charge in [-0.05, 0) is 44.0 Å². The summed E-state index contributed by atoms with van der Waals surface area (Å²) in [5.41, 5.74) is 2.04. The summed E-state index contributed by atoms with van der Waals surface area (Å²) < 4.78 is 0. The van der Waals surface area contributed by atoms with Crippen LogP contribution in [0.3, 0.4) is 0 Å². The number of halogens is 2. The average molecular weight is 343 g/mol. The summed E-state index contributed by atoms with van der Waals surface area (Å²) in [6.45, 7) is 7.20.